The zero-order valence-electron chi connectivity index (χ0n) is 11.8. The summed E-state index contributed by atoms with van der Waals surface area (Å²) in [6.45, 7) is 2.07. The number of Topliss-reactive ketones (excluding diaryl/α,β-unsaturated/α-hetero) is 1. The minimum atomic E-state index is -0.165. The predicted octanol–water partition coefficient (Wildman–Crippen LogP) is 2.96. The first-order chi connectivity index (χ1) is 10.1. The van der Waals surface area contributed by atoms with Crippen molar-refractivity contribution in [2.24, 2.45) is 5.92 Å². The fourth-order valence-corrected chi connectivity index (χ4v) is 3.20. The molecule has 1 amide bonds. The highest BCUT2D eigenvalue weighted by atomic mass is 32.1. The van der Waals surface area contributed by atoms with Crippen molar-refractivity contribution in [2.75, 3.05) is 5.32 Å². The van der Waals surface area contributed by atoms with Crippen molar-refractivity contribution in [3.8, 4) is 0 Å². The van der Waals surface area contributed by atoms with Gasteiger partial charge in [-0.05, 0) is 12.5 Å². The largest absolute Gasteiger partial charge is 0.302 e. The Morgan fingerprint density at radius 2 is 2.24 bits per heavy atom. The molecule has 5 heteroatoms. The first-order valence-electron chi connectivity index (χ1n) is 6.93. The quantitative estimate of drug-likeness (QED) is 0.944. The molecule has 1 aliphatic carbocycles. The molecule has 2 aromatic rings. The molecule has 1 aromatic carbocycles. The van der Waals surface area contributed by atoms with Crippen LogP contribution < -0.4 is 5.32 Å². The molecule has 0 unspecified atom stereocenters. The van der Waals surface area contributed by atoms with Gasteiger partial charge < -0.3 is 5.32 Å². The smallest absolute Gasteiger partial charge is 0.230 e. The van der Waals surface area contributed by atoms with Crippen LogP contribution in [0.25, 0.3) is 0 Å². The lowest BCUT2D eigenvalue weighted by Gasteiger charge is -2.21. The number of rotatable bonds is 4. The molecule has 1 aromatic heterocycles. The third kappa shape index (κ3) is 3.36. The second-order valence-electron chi connectivity index (χ2n) is 5.43. The maximum absolute atomic E-state index is 11.9. The van der Waals surface area contributed by atoms with Crippen LogP contribution in [0.3, 0.4) is 0 Å². The monoisotopic (exact) mass is 300 g/mol. The molecule has 1 aliphatic rings. The average Bonchev–Trinajstić information content (AvgIpc) is 2.82. The third-order valence-electron chi connectivity index (χ3n) is 3.56. The van der Waals surface area contributed by atoms with E-state index in [0.29, 0.717) is 18.0 Å². The van der Waals surface area contributed by atoms with Gasteiger partial charge in [0, 0.05) is 30.3 Å². The van der Waals surface area contributed by atoms with Gasteiger partial charge in [-0.25, -0.2) is 4.98 Å². The van der Waals surface area contributed by atoms with Crippen LogP contribution in [0.1, 0.15) is 28.8 Å². The van der Waals surface area contributed by atoms with E-state index in [4.69, 9.17) is 0 Å². The van der Waals surface area contributed by atoms with Crippen LogP contribution in [-0.2, 0) is 16.0 Å². The number of anilines is 1. The molecule has 1 heterocycles. The minimum Gasteiger partial charge on any atom is -0.302 e. The second-order valence-corrected chi connectivity index (χ2v) is 6.55. The van der Waals surface area contributed by atoms with Gasteiger partial charge in [0.1, 0.15) is 5.78 Å². The normalized spacial score (nSPS) is 14.8. The number of nitrogens with zero attached hydrogens (tertiary/aromatic N) is 1. The van der Waals surface area contributed by atoms with E-state index in [1.165, 1.54) is 22.5 Å². The first kappa shape index (κ1) is 13.9. The number of aryl methyl sites for hydroxylation is 1. The van der Waals surface area contributed by atoms with Gasteiger partial charge >= 0.3 is 0 Å². The Labute approximate surface area is 127 Å². The van der Waals surface area contributed by atoms with Gasteiger partial charge in [-0.15, -0.1) is 11.3 Å². The van der Waals surface area contributed by atoms with Gasteiger partial charge in [0.15, 0.2) is 5.13 Å². The maximum atomic E-state index is 11.9. The number of nitrogens with one attached hydrogen (secondary N) is 1. The lowest BCUT2D eigenvalue weighted by atomic mass is 9.83. The molecule has 3 rings (SSSR count). The number of amides is 1. The van der Waals surface area contributed by atoms with Gasteiger partial charge in [0.2, 0.25) is 5.91 Å². The maximum Gasteiger partial charge on any atom is 0.230 e. The zero-order valence-corrected chi connectivity index (χ0v) is 12.6. The van der Waals surface area contributed by atoms with Crippen LogP contribution in [0.5, 0.6) is 0 Å². The zero-order chi connectivity index (χ0) is 14.8. The Hall–Kier alpha value is -2.01. The summed E-state index contributed by atoms with van der Waals surface area (Å²) in [6.07, 6.45) is 3.35. The highest BCUT2D eigenvalue weighted by Crippen LogP contribution is 2.26. The summed E-state index contributed by atoms with van der Waals surface area (Å²) in [6, 6.07) is 8.35. The Balaban J connectivity index is 1.61. The Morgan fingerprint density at radius 1 is 1.43 bits per heavy atom. The van der Waals surface area contributed by atoms with Crippen LogP contribution in [-0.4, -0.2) is 16.7 Å². The number of carbonyl (C=O) groups excluding carboxylic acids is 2. The van der Waals surface area contributed by atoms with E-state index >= 15 is 0 Å². The number of thiazole rings is 1. The molecule has 0 radical (unpaired) electrons. The SMILES string of the molecule is Cc1cccc(Cc2cnc(NC(=O)C3CC(=O)C3)s2)c1. The highest BCUT2D eigenvalue weighted by Gasteiger charge is 2.32. The molecule has 21 heavy (non-hydrogen) atoms. The van der Waals surface area contributed by atoms with Crippen LogP contribution in [0.15, 0.2) is 30.5 Å². The van der Waals surface area contributed by atoms with Crippen molar-refractivity contribution < 1.29 is 9.59 Å². The molecular weight excluding hydrogens is 284 g/mol. The molecule has 0 atom stereocenters. The van der Waals surface area contributed by atoms with Gasteiger partial charge in [-0.3, -0.25) is 9.59 Å². The van der Waals surface area contributed by atoms with Gasteiger partial charge in [-0.2, -0.15) is 0 Å². The van der Waals surface area contributed by atoms with Crippen molar-refractivity contribution in [3.63, 3.8) is 0 Å². The van der Waals surface area contributed by atoms with Crippen molar-refractivity contribution in [1.82, 2.24) is 4.98 Å². The number of carbonyl (C=O) groups is 2. The van der Waals surface area contributed by atoms with E-state index < -0.39 is 0 Å². The molecule has 108 valence electrons. The van der Waals surface area contributed by atoms with Crippen LogP contribution in [0.2, 0.25) is 0 Å². The van der Waals surface area contributed by atoms with Crippen LogP contribution >= 0.6 is 11.3 Å². The van der Waals surface area contributed by atoms with Crippen molar-refractivity contribution in [2.45, 2.75) is 26.2 Å². The summed E-state index contributed by atoms with van der Waals surface area (Å²) in [5.74, 6) is -0.0953. The minimum absolute atomic E-state index is 0.0916. The molecule has 0 spiro atoms. The topological polar surface area (TPSA) is 59.1 Å². The van der Waals surface area contributed by atoms with E-state index in [9.17, 15) is 9.59 Å². The molecule has 0 bridgehead atoms. The standard InChI is InChI=1S/C16H16N2O2S/c1-10-3-2-4-11(5-10)6-14-9-17-16(21-14)18-15(20)12-7-13(19)8-12/h2-5,9,12H,6-8H2,1H3,(H,17,18,20). The van der Waals surface area contributed by atoms with Crippen molar-refractivity contribution in [1.29, 1.82) is 0 Å². The van der Waals surface area contributed by atoms with E-state index in [1.807, 2.05) is 6.07 Å². The molecule has 1 fully saturated rings. The number of aromatic nitrogens is 1. The Morgan fingerprint density at radius 3 is 2.95 bits per heavy atom. The van der Waals surface area contributed by atoms with E-state index in [-0.39, 0.29) is 17.6 Å². The summed E-state index contributed by atoms with van der Waals surface area (Å²) in [5, 5.41) is 3.41. The fraction of sp³-hybridized carbons (Fsp3) is 0.312. The summed E-state index contributed by atoms with van der Waals surface area (Å²) in [4.78, 5) is 28.1. The van der Waals surface area contributed by atoms with E-state index in [2.05, 4.69) is 35.4 Å². The van der Waals surface area contributed by atoms with Gasteiger partial charge in [0.25, 0.3) is 0 Å². The third-order valence-corrected chi connectivity index (χ3v) is 4.48. The average molecular weight is 300 g/mol. The van der Waals surface area contributed by atoms with Crippen molar-refractivity contribution >= 4 is 28.2 Å². The summed E-state index contributed by atoms with van der Waals surface area (Å²) >= 11 is 1.49. The Bertz CT molecular complexity index is 685. The van der Waals surface area contributed by atoms with E-state index in [0.717, 1.165) is 11.3 Å². The molecule has 1 saturated carbocycles. The fourth-order valence-electron chi connectivity index (χ4n) is 2.35. The molecule has 0 saturated heterocycles. The number of hydrogen-bond acceptors (Lipinski definition) is 4. The first-order valence-corrected chi connectivity index (χ1v) is 7.74. The summed E-state index contributed by atoms with van der Waals surface area (Å²) < 4.78 is 0. The van der Waals surface area contributed by atoms with Crippen molar-refractivity contribution in [3.05, 3.63) is 46.5 Å². The number of hydrogen-bond donors (Lipinski definition) is 1. The highest BCUT2D eigenvalue weighted by molar-refractivity contribution is 7.15. The summed E-state index contributed by atoms with van der Waals surface area (Å²) in [5.41, 5.74) is 2.47. The predicted molar refractivity (Wildman–Crippen MR) is 82.5 cm³/mol. The molecule has 0 aliphatic heterocycles. The number of ketones is 1. The molecule has 4 nitrogen and oxygen atoms in total. The van der Waals surface area contributed by atoms with Gasteiger partial charge in [0.05, 0.1) is 5.92 Å². The molecular formula is C16H16N2O2S. The summed E-state index contributed by atoms with van der Waals surface area (Å²) in [7, 11) is 0. The second kappa shape index (κ2) is 5.77. The lowest BCUT2D eigenvalue weighted by molar-refractivity contribution is -0.135. The van der Waals surface area contributed by atoms with Crippen LogP contribution in [0.4, 0.5) is 5.13 Å². The number of benzene rings is 1. The Kier molecular flexibility index (Phi) is 3.84. The lowest BCUT2D eigenvalue weighted by Crippen LogP contribution is -2.34. The van der Waals surface area contributed by atoms with E-state index in [1.54, 1.807) is 6.20 Å². The van der Waals surface area contributed by atoms with Gasteiger partial charge in [-0.1, -0.05) is 29.8 Å². The molecule has 1 N–H and O–H groups in total. The van der Waals surface area contributed by atoms with Crippen LogP contribution in [0, 0.1) is 12.8 Å².